The molecule has 0 saturated carbocycles. The molecule has 1 unspecified atom stereocenters. The first-order chi connectivity index (χ1) is 19.4. The minimum absolute atomic E-state index is 0.0105. The molecule has 5 nitrogen and oxygen atoms in total. The highest BCUT2D eigenvalue weighted by atomic mass is 16.5. The van der Waals surface area contributed by atoms with Crippen LogP contribution in [-0.4, -0.2) is 36.5 Å². The van der Waals surface area contributed by atoms with Crippen LogP contribution < -0.4 is 0 Å². The van der Waals surface area contributed by atoms with E-state index >= 15 is 0 Å². The molecule has 1 aliphatic rings. The summed E-state index contributed by atoms with van der Waals surface area (Å²) in [5.41, 5.74) is 7.10. The molecule has 5 heteroatoms. The molecule has 1 saturated heterocycles. The molecule has 0 radical (unpaired) electrons. The van der Waals surface area contributed by atoms with Gasteiger partial charge in [-0.15, -0.1) is 6.58 Å². The third kappa shape index (κ3) is 8.37. The van der Waals surface area contributed by atoms with Gasteiger partial charge in [-0.1, -0.05) is 85.8 Å². The van der Waals surface area contributed by atoms with E-state index in [2.05, 4.69) is 62.9 Å². The molecule has 0 spiro atoms. The highest BCUT2D eigenvalue weighted by Crippen LogP contribution is 2.39. The van der Waals surface area contributed by atoms with Gasteiger partial charge in [0.1, 0.15) is 0 Å². The van der Waals surface area contributed by atoms with Crippen LogP contribution in [0.25, 0.3) is 0 Å². The number of aliphatic carboxylic acids is 1. The minimum atomic E-state index is -0.943. The summed E-state index contributed by atoms with van der Waals surface area (Å²) in [7, 11) is 0. The van der Waals surface area contributed by atoms with Crippen molar-refractivity contribution in [2.24, 2.45) is 5.92 Å². The van der Waals surface area contributed by atoms with Crippen molar-refractivity contribution in [3.63, 3.8) is 0 Å². The van der Waals surface area contributed by atoms with E-state index in [9.17, 15) is 9.90 Å². The van der Waals surface area contributed by atoms with Gasteiger partial charge in [-0.05, 0) is 66.0 Å². The first-order valence-electron chi connectivity index (χ1n) is 14.3. The second-order valence-corrected chi connectivity index (χ2v) is 10.8. The maximum absolute atomic E-state index is 12.0. The molecule has 0 aromatic heterocycles. The van der Waals surface area contributed by atoms with Crippen LogP contribution in [0.4, 0.5) is 0 Å². The van der Waals surface area contributed by atoms with Crippen molar-refractivity contribution in [1.82, 2.24) is 0 Å². The summed E-state index contributed by atoms with van der Waals surface area (Å²) >= 11 is 0. The van der Waals surface area contributed by atoms with Crippen LogP contribution in [0, 0.1) is 12.8 Å². The van der Waals surface area contributed by atoms with Crippen LogP contribution in [0.3, 0.4) is 0 Å². The largest absolute Gasteiger partial charge is 0.479 e. The van der Waals surface area contributed by atoms with Gasteiger partial charge < -0.3 is 19.3 Å². The SMILES string of the molecule is C=CCOCCCCc1ccc(Cc2cc([C@@H]3O[C@H](C(=O)O)C[C@H](OCc4ccccc4)C3C)ccc2C)cc1. The molecule has 4 atom stereocenters. The standard InChI is InChI=1S/C35H42O5/c1-4-19-38-20-9-8-10-27-14-16-28(17-15-27)21-31-22-30(18-13-25(31)2)34-26(3)32(23-33(40-34)35(36)37)39-24-29-11-6-5-7-12-29/h4-7,11-18,22,26,32-34H,1,8-10,19-21,23-24H2,2-3H3,(H,36,37)/t26?,32-,33-,34+/m0/s1. The third-order valence-corrected chi connectivity index (χ3v) is 7.76. The molecule has 1 N–H and O–H groups in total. The maximum atomic E-state index is 12.0. The number of hydrogen-bond acceptors (Lipinski definition) is 4. The first kappa shape index (κ1) is 29.7. The van der Waals surface area contributed by atoms with Crippen molar-refractivity contribution in [1.29, 1.82) is 0 Å². The minimum Gasteiger partial charge on any atom is -0.479 e. The van der Waals surface area contributed by atoms with Crippen molar-refractivity contribution in [2.75, 3.05) is 13.2 Å². The summed E-state index contributed by atoms with van der Waals surface area (Å²) in [5.74, 6) is -0.932. The van der Waals surface area contributed by atoms with Crippen molar-refractivity contribution >= 4 is 5.97 Å². The predicted molar refractivity (Wildman–Crippen MR) is 158 cm³/mol. The van der Waals surface area contributed by atoms with E-state index in [0.29, 0.717) is 19.6 Å². The van der Waals surface area contributed by atoms with E-state index in [1.165, 1.54) is 22.3 Å². The number of aryl methyl sites for hydroxylation is 2. The summed E-state index contributed by atoms with van der Waals surface area (Å²) < 4.78 is 17.9. The molecule has 1 heterocycles. The lowest BCUT2D eigenvalue weighted by Crippen LogP contribution is -2.43. The highest BCUT2D eigenvalue weighted by molar-refractivity contribution is 5.72. The van der Waals surface area contributed by atoms with E-state index in [1.807, 2.05) is 30.3 Å². The number of carboxylic acids is 1. The Balaban J connectivity index is 1.42. The lowest BCUT2D eigenvalue weighted by atomic mass is 9.85. The van der Waals surface area contributed by atoms with Gasteiger partial charge in [0.2, 0.25) is 0 Å². The maximum Gasteiger partial charge on any atom is 0.332 e. The summed E-state index contributed by atoms with van der Waals surface area (Å²) in [6.45, 7) is 9.74. The average Bonchev–Trinajstić information content (AvgIpc) is 2.97. The van der Waals surface area contributed by atoms with Crippen molar-refractivity contribution in [3.05, 3.63) is 119 Å². The van der Waals surface area contributed by atoms with Crippen molar-refractivity contribution in [3.8, 4) is 0 Å². The fourth-order valence-corrected chi connectivity index (χ4v) is 5.32. The van der Waals surface area contributed by atoms with E-state index in [-0.39, 0.29) is 18.1 Å². The zero-order chi connectivity index (χ0) is 28.3. The lowest BCUT2D eigenvalue weighted by molar-refractivity contribution is -0.183. The Hall–Kier alpha value is -3.25. The van der Waals surface area contributed by atoms with Gasteiger partial charge in [0.15, 0.2) is 6.10 Å². The van der Waals surface area contributed by atoms with Gasteiger partial charge in [0.25, 0.3) is 0 Å². The molecule has 1 fully saturated rings. The fraction of sp³-hybridized carbons (Fsp3) is 0.400. The van der Waals surface area contributed by atoms with Gasteiger partial charge in [-0.25, -0.2) is 4.79 Å². The number of ether oxygens (including phenoxy) is 3. The Bertz CT molecular complexity index is 1220. The Kier molecular flexibility index (Phi) is 11.1. The van der Waals surface area contributed by atoms with Gasteiger partial charge in [0.05, 0.1) is 25.4 Å². The van der Waals surface area contributed by atoms with E-state index < -0.39 is 12.1 Å². The van der Waals surface area contributed by atoms with Gasteiger partial charge >= 0.3 is 5.97 Å². The molecule has 212 valence electrons. The molecule has 1 aliphatic heterocycles. The van der Waals surface area contributed by atoms with Crippen molar-refractivity contribution in [2.45, 2.75) is 70.9 Å². The monoisotopic (exact) mass is 542 g/mol. The van der Waals surface area contributed by atoms with E-state index in [1.54, 1.807) is 6.08 Å². The predicted octanol–water partition coefficient (Wildman–Crippen LogP) is 7.25. The van der Waals surface area contributed by atoms with Crippen LogP contribution >= 0.6 is 0 Å². The molecule has 3 aromatic rings. The Morgan fingerprint density at radius 2 is 1.77 bits per heavy atom. The molecule has 0 bridgehead atoms. The highest BCUT2D eigenvalue weighted by Gasteiger charge is 2.40. The van der Waals surface area contributed by atoms with Gasteiger partial charge in [-0.3, -0.25) is 0 Å². The van der Waals surface area contributed by atoms with E-state index in [4.69, 9.17) is 14.2 Å². The van der Waals surface area contributed by atoms with Crippen LogP contribution in [-0.2, 0) is 38.5 Å². The van der Waals surface area contributed by atoms with Gasteiger partial charge in [-0.2, -0.15) is 0 Å². The average molecular weight is 543 g/mol. The quantitative estimate of drug-likeness (QED) is 0.172. The smallest absolute Gasteiger partial charge is 0.332 e. The normalized spacial score (nSPS) is 20.8. The molecule has 40 heavy (non-hydrogen) atoms. The lowest BCUT2D eigenvalue weighted by Gasteiger charge is -2.39. The number of unbranched alkanes of at least 4 members (excludes halogenated alkanes) is 1. The first-order valence-corrected chi connectivity index (χ1v) is 14.3. The molecule has 3 aromatic carbocycles. The molecule has 4 rings (SSSR count). The Morgan fingerprint density at radius 3 is 2.50 bits per heavy atom. The van der Waals surface area contributed by atoms with Crippen LogP contribution in [0.1, 0.15) is 65.7 Å². The zero-order valence-electron chi connectivity index (χ0n) is 23.8. The number of carbonyl (C=O) groups is 1. The Labute approximate surface area is 238 Å². The number of carboxylic acid groups (broad SMARTS) is 1. The van der Waals surface area contributed by atoms with Crippen molar-refractivity contribution < 1.29 is 24.1 Å². The molecule has 0 aliphatic carbocycles. The zero-order valence-corrected chi connectivity index (χ0v) is 23.8. The van der Waals surface area contributed by atoms with Crippen LogP contribution in [0.5, 0.6) is 0 Å². The number of rotatable bonds is 14. The van der Waals surface area contributed by atoms with Crippen LogP contribution in [0.2, 0.25) is 0 Å². The summed E-state index contributed by atoms with van der Waals surface area (Å²) in [5, 5.41) is 9.82. The Morgan fingerprint density at radius 1 is 1.02 bits per heavy atom. The summed E-state index contributed by atoms with van der Waals surface area (Å²) in [4.78, 5) is 12.0. The number of benzene rings is 3. The third-order valence-electron chi connectivity index (χ3n) is 7.76. The topological polar surface area (TPSA) is 65.0 Å². The summed E-state index contributed by atoms with van der Waals surface area (Å²) in [6, 6.07) is 25.2. The van der Waals surface area contributed by atoms with E-state index in [0.717, 1.165) is 43.4 Å². The van der Waals surface area contributed by atoms with Gasteiger partial charge in [0, 0.05) is 18.9 Å². The summed E-state index contributed by atoms with van der Waals surface area (Å²) in [6.07, 6.45) is 4.66. The second kappa shape index (κ2) is 14.9. The van der Waals surface area contributed by atoms with Crippen LogP contribution in [0.15, 0.2) is 85.5 Å². The molecular formula is C35H42O5. The fourth-order valence-electron chi connectivity index (χ4n) is 5.32. The second-order valence-electron chi connectivity index (χ2n) is 10.8. The molecular weight excluding hydrogens is 500 g/mol. The molecule has 0 amide bonds. The number of hydrogen-bond donors (Lipinski definition) is 1.